The van der Waals surface area contributed by atoms with Gasteiger partial charge in [0.15, 0.2) is 17.5 Å². The first-order chi connectivity index (χ1) is 15.6. The Kier molecular flexibility index (Phi) is 11.7. The molecule has 8 heteroatoms. The predicted molar refractivity (Wildman–Crippen MR) is 142 cm³/mol. The fraction of sp³-hybridized carbons (Fsp3) is 0.480. The smallest absolute Gasteiger partial charge is 0.190 e. The minimum absolute atomic E-state index is 0. The van der Waals surface area contributed by atoms with E-state index in [0.29, 0.717) is 12.5 Å². The van der Waals surface area contributed by atoms with E-state index in [-0.39, 0.29) is 29.8 Å². The Morgan fingerprint density at radius 3 is 2.45 bits per heavy atom. The highest BCUT2D eigenvalue weighted by Gasteiger charge is 2.20. The Morgan fingerprint density at radius 1 is 1.06 bits per heavy atom. The van der Waals surface area contributed by atoms with Gasteiger partial charge >= 0.3 is 0 Å². The van der Waals surface area contributed by atoms with Gasteiger partial charge in [0.2, 0.25) is 0 Å². The van der Waals surface area contributed by atoms with E-state index in [1.54, 1.807) is 27.3 Å². The van der Waals surface area contributed by atoms with Gasteiger partial charge in [-0.1, -0.05) is 24.3 Å². The highest BCUT2D eigenvalue weighted by molar-refractivity contribution is 14.0. The summed E-state index contributed by atoms with van der Waals surface area (Å²) in [6, 6.07) is 13.0. The molecule has 182 valence electrons. The number of benzene rings is 2. The highest BCUT2D eigenvalue weighted by atomic mass is 127. The summed E-state index contributed by atoms with van der Waals surface area (Å²) in [5, 5.41) is 6.84. The number of hydrogen-bond acceptors (Lipinski definition) is 4. The zero-order valence-corrected chi connectivity index (χ0v) is 22.1. The van der Waals surface area contributed by atoms with Gasteiger partial charge in [0, 0.05) is 32.2 Å². The third kappa shape index (κ3) is 8.33. The van der Waals surface area contributed by atoms with Gasteiger partial charge in [-0.25, -0.2) is 4.39 Å². The van der Waals surface area contributed by atoms with Crippen molar-refractivity contribution in [3.63, 3.8) is 0 Å². The summed E-state index contributed by atoms with van der Waals surface area (Å²) in [7, 11) is 5.08. The maximum absolute atomic E-state index is 13.9. The Balaban J connectivity index is 0.00000385. The van der Waals surface area contributed by atoms with Crippen molar-refractivity contribution in [1.29, 1.82) is 0 Å². The minimum atomic E-state index is -0.112. The summed E-state index contributed by atoms with van der Waals surface area (Å²) < 4.78 is 24.6. The summed E-state index contributed by atoms with van der Waals surface area (Å²) in [5.74, 6) is 2.78. The van der Waals surface area contributed by atoms with Crippen LogP contribution in [0.25, 0.3) is 0 Å². The van der Waals surface area contributed by atoms with Crippen LogP contribution in [-0.2, 0) is 13.0 Å². The first-order valence-corrected chi connectivity index (χ1v) is 11.2. The van der Waals surface area contributed by atoms with Gasteiger partial charge in [-0.05, 0) is 62.0 Å². The molecule has 1 aliphatic heterocycles. The number of halogens is 2. The normalized spacial score (nSPS) is 15.0. The number of piperidine rings is 1. The molecule has 0 aromatic heterocycles. The summed E-state index contributed by atoms with van der Waals surface area (Å²) in [4.78, 5) is 6.68. The molecule has 6 nitrogen and oxygen atoms in total. The molecule has 0 aliphatic carbocycles. The average Bonchev–Trinajstić information content (AvgIpc) is 2.83. The molecule has 0 amide bonds. The molecular formula is C25H36FIN4O2. The second kappa shape index (κ2) is 14.2. The monoisotopic (exact) mass is 570 g/mol. The maximum Gasteiger partial charge on any atom is 0.190 e. The van der Waals surface area contributed by atoms with Crippen molar-refractivity contribution < 1.29 is 13.9 Å². The van der Waals surface area contributed by atoms with Crippen molar-refractivity contribution in [3.05, 3.63) is 59.4 Å². The fourth-order valence-corrected chi connectivity index (χ4v) is 4.04. The maximum atomic E-state index is 13.9. The van der Waals surface area contributed by atoms with E-state index in [4.69, 9.17) is 9.47 Å². The second-order valence-corrected chi connectivity index (χ2v) is 8.13. The molecule has 2 aromatic rings. The van der Waals surface area contributed by atoms with E-state index in [0.717, 1.165) is 68.5 Å². The van der Waals surface area contributed by atoms with Gasteiger partial charge in [0.25, 0.3) is 0 Å². The number of hydrogen-bond donors (Lipinski definition) is 2. The second-order valence-electron chi connectivity index (χ2n) is 8.13. The lowest BCUT2D eigenvalue weighted by Crippen LogP contribution is -2.43. The van der Waals surface area contributed by atoms with E-state index in [1.165, 1.54) is 11.6 Å². The number of ether oxygens (including phenoxy) is 2. The van der Waals surface area contributed by atoms with Crippen LogP contribution in [0.1, 0.15) is 24.0 Å². The molecule has 0 radical (unpaired) electrons. The van der Waals surface area contributed by atoms with Crippen molar-refractivity contribution >= 4 is 29.9 Å². The highest BCUT2D eigenvalue weighted by Crippen LogP contribution is 2.27. The van der Waals surface area contributed by atoms with Crippen molar-refractivity contribution in [2.24, 2.45) is 10.9 Å². The summed E-state index contributed by atoms with van der Waals surface area (Å²) >= 11 is 0. The van der Waals surface area contributed by atoms with Crippen LogP contribution in [0.15, 0.2) is 47.5 Å². The SMILES string of the molecule is CN=C(NCCc1ccc(OC)c(OC)c1)NCC1CCN(Cc2ccccc2F)CC1.I. The molecule has 0 unspecified atom stereocenters. The standard InChI is InChI=1S/C25H35FN4O2.HI/c1-27-25(28-13-10-19-8-9-23(31-2)24(16-19)32-3)29-17-20-11-14-30(15-12-20)18-21-6-4-5-7-22(21)26;/h4-9,16,20H,10-15,17-18H2,1-3H3,(H2,27,28,29);1H. The van der Waals surface area contributed by atoms with Gasteiger partial charge in [-0.15, -0.1) is 24.0 Å². The zero-order chi connectivity index (χ0) is 22.8. The molecular weight excluding hydrogens is 534 g/mol. The number of likely N-dealkylation sites (tertiary alicyclic amines) is 1. The Hall–Kier alpha value is -2.07. The summed E-state index contributed by atoms with van der Waals surface area (Å²) in [5.41, 5.74) is 1.95. The molecule has 0 atom stereocenters. The van der Waals surface area contributed by atoms with E-state index >= 15 is 0 Å². The lowest BCUT2D eigenvalue weighted by molar-refractivity contribution is 0.176. The molecule has 2 N–H and O–H groups in total. The first kappa shape index (κ1) is 27.2. The van der Waals surface area contributed by atoms with Crippen LogP contribution in [0, 0.1) is 11.7 Å². The first-order valence-electron chi connectivity index (χ1n) is 11.2. The third-order valence-electron chi connectivity index (χ3n) is 5.99. The number of aliphatic imine (C=N–C) groups is 1. The lowest BCUT2D eigenvalue weighted by atomic mass is 9.96. The van der Waals surface area contributed by atoms with E-state index in [1.807, 2.05) is 30.3 Å². The molecule has 0 saturated carbocycles. The molecule has 2 aromatic carbocycles. The van der Waals surface area contributed by atoms with Crippen LogP contribution in [0.2, 0.25) is 0 Å². The van der Waals surface area contributed by atoms with Crippen LogP contribution in [-0.4, -0.2) is 58.3 Å². The molecule has 0 spiro atoms. The van der Waals surface area contributed by atoms with Crippen LogP contribution in [0.4, 0.5) is 4.39 Å². The molecule has 0 bridgehead atoms. The third-order valence-corrected chi connectivity index (χ3v) is 5.99. The van der Waals surface area contributed by atoms with Gasteiger partial charge < -0.3 is 20.1 Å². The van der Waals surface area contributed by atoms with E-state index in [2.05, 4.69) is 20.5 Å². The molecule has 1 fully saturated rings. The van der Waals surface area contributed by atoms with Gasteiger partial charge in [-0.3, -0.25) is 9.89 Å². The van der Waals surface area contributed by atoms with Crippen LogP contribution in [0.5, 0.6) is 11.5 Å². The number of nitrogens with zero attached hydrogens (tertiary/aromatic N) is 2. The van der Waals surface area contributed by atoms with E-state index in [9.17, 15) is 4.39 Å². The van der Waals surface area contributed by atoms with Crippen molar-refractivity contribution in [3.8, 4) is 11.5 Å². The van der Waals surface area contributed by atoms with Gasteiger partial charge in [0.05, 0.1) is 14.2 Å². The zero-order valence-electron chi connectivity index (χ0n) is 19.8. The Labute approximate surface area is 214 Å². The Morgan fingerprint density at radius 2 is 1.79 bits per heavy atom. The topological polar surface area (TPSA) is 58.1 Å². The Bertz CT molecular complexity index is 888. The lowest BCUT2D eigenvalue weighted by Gasteiger charge is -2.32. The van der Waals surface area contributed by atoms with Crippen LogP contribution < -0.4 is 20.1 Å². The van der Waals surface area contributed by atoms with Crippen LogP contribution in [0.3, 0.4) is 0 Å². The summed E-state index contributed by atoms with van der Waals surface area (Å²) in [6.45, 7) is 4.34. The molecule has 1 saturated heterocycles. The van der Waals surface area contributed by atoms with Gasteiger partial charge in [-0.2, -0.15) is 0 Å². The number of methoxy groups -OCH3 is 2. The van der Waals surface area contributed by atoms with Crippen LogP contribution >= 0.6 is 24.0 Å². The molecule has 33 heavy (non-hydrogen) atoms. The number of guanidine groups is 1. The quantitative estimate of drug-likeness (QED) is 0.271. The predicted octanol–water partition coefficient (Wildman–Crippen LogP) is 4.08. The molecule has 3 rings (SSSR count). The fourth-order valence-electron chi connectivity index (χ4n) is 4.04. The van der Waals surface area contributed by atoms with Crippen molar-refractivity contribution in [2.75, 3.05) is 47.4 Å². The van der Waals surface area contributed by atoms with Crippen molar-refractivity contribution in [1.82, 2.24) is 15.5 Å². The van der Waals surface area contributed by atoms with E-state index < -0.39 is 0 Å². The number of rotatable bonds is 9. The molecule has 1 aliphatic rings. The molecule has 1 heterocycles. The number of nitrogens with one attached hydrogen (secondary N) is 2. The minimum Gasteiger partial charge on any atom is -0.493 e. The summed E-state index contributed by atoms with van der Waals surface area (Å²) in [6.07, 6.45) is 3.06. The average molecular weight is 570 g/mol. The van der Waals surface area contributed by atoms with Gasteiger partial charge in [0.1, 0.15) is 5.82 Å². The van der Waals surface area contributed by atoms with Crippen molar-refractivity contribution in [2.45, 2.75) is 25.8 Å². The largest absolute Gasteiger partial charge is 0.493 e.